The molecule has 21 heavy (non-hydrogen) atoms. The fraction of sp³-hybridized carbons (Fsp3) is 0.833. The first-order valence-electron chi connectivity index (χ1n) is 8.36. The second-order valence-electron chi connectivity index (χ2n) is 8.06. The van der Waals surface area contributed by atoms with E-state index in [0.29, 0.717) is 18.6 Å². The summed E-state index contributed by atoms with van der Waals surface area (Å²) in [5.74, 6) is 0.324. The fourth-order valence-corrected chi connectivity index (χ4v) is 4.98. The smallest absolute Gasteiger partial charge is 0.139 e. The summed E-state index contributed by atoms with van der Waals surface area (Å²) >= 11 is 0. The molecule has 3 nitrogen and oxygen atoms in total. The van der Waals surface area contributed by atoms with Crippen LogP contribution in [-0.2, 0) is 9.53 Å². The number of ketones is 1. The zero-order valence-electron chi connectivity index (χ0n) is 13.7. The van der Waals surface area contributed by atoms with Crippen molar-refractivity contribution in [2.24, 2.45) is 11.3 Å². The molecule has 1 aliphatic heterocycles. The Morgan fingerprint density at radius 1 is 1.33 bits per heavy atom. The molecule has 1 saturated carbocycles. The lowest BCUT2D eigenvalue weighted by Gasteiger charge is -2.52. The minimum absolute atomic E-state index is 0.00541. The van der Waals surface area contributed by atoms with Gasteiger partial charge in [0.2, 0.25) is 0 Å². The van der Waals surface area contributed by atoms with Gasteiger partial charge in [0.15, 0.2) is 0 Å². The first-order valence-corrected chi connectivity index (χ1v) is 8.36. The maximum atomic E-state index is 12.6. The summed E-state index contributed by atoms with van der Waals surface area (Å²) < 4.78 is 6.60. The number of rotatable bonds is 3. The second-order valence-corrected chi connectivity index (χ2v) is 8.06. The number of hydrogen-bond acceptors (Lipinski definition) is 3. The average Bonchev–Trinajstić information content (AvgIpc) is 2.62. The maximum absolute atomic E-state index is 12.6. The van der Waals surface area contributed by atoms with Crippen molar-refractivity contribution in [2.45, 2.75) is 83.5 Å². The minimum Gasteiger partial charge on any atom is -0.389 e. The molecule has 3 rings (SSSR count). The number of aliphatic hydroxyl groups is 1. The topological polar surface area (TPSA) is 46.5 Å². The predicted octanol–water partition coefficient (Wildman–Crippen LogP) is 3.40. The highest BCUT2D eigenvalue weighted by Crippen LogP contribution is 2.64. The van der Waals surface area contributed by atoms with Gasteiger partial charge >= 0.3 is 0 Å². The highest BCUT2D eigenvalue weighted by Gasteiger charge is 2.67. The lowest BCUT2D eigenvalue weighted by Crippen LogP contribution is -2.55. The van der Waals surface area contributed by atoms with Gasteiger partial charge in [-0.2, -0.15) is 0 Å². The molecule has 118 valence electrons. The molecule has 0 radical (unpaired) electrons. The number of unbranched alkanes of at least 4 members (excludes halogenated alkanes) is 1. The van der Waals surface area contributed by atoms with Gasteiger partial charge in [0, 0.05) is 17.8 Å². The van der Waals surface area contributed by atoms with E-state index in [9.17, 15) is 9.90 Å². The molecule has 1 N–H and O–H groups in total. The van der Waals surface area contributed by atoms with Crippen molar-refractivity contribution in [1.29, 1.82) is 0 Å². The largest absolute Gasteiger partial charge is 0.389 e. The van der Waals surface area contributed by atoms with Crippen molar-refractivity contribution in [3.8, 4) is 0 Å². The van der Waals surface area contributed by atoms with Gasteiger partial charge in [0.1, 0.15) is 5.78 Å². The summed E-state index contributed by atoms with van der Waals surface area (Å²) in [5, 5.41) is 10.3. The Morgan fingerprint density at radius 3 is 2.71 bits per heavy atom. The Kier molecular flexibility index (Phi) is 3.38. The predicted molar refractivity (Wildman–Crippen MR) is 82.0 cm³/mol. The zero-order chi connectivity index (χ0) is 15.5. The van der Waals surface area contributed by atoms with Gasteiger partial charge in [-0.1, -0.05) is 26.3 Å². The number of carbonyl (C=O) groups is 1. The van der Waals surface area contributed by atoms with E-state index in [1.165, 1.54) is 5.57 Å². The highest BCUT2D eigenvalue weighted by atomic mass is 16.5. The van der Waals surface area contributed by atoms with Crippen molar-refractivity contribution < 1.29 is 14.6 Å². The molecular weight excluding hydrogens is 264 g/mol. The van der Waals surface area contributed by atoms with Gasteiger partial charge in [-0.25, -0.2) is 0 Å². The number of Topliss-reactive ketones (excluding diaryl/α,β-unsaturated/α-hetero) is 1. The monoisotopic (exact) mass is 292 g/mol. The molecule has 1 saturated heterocycles. The minimum atomic E-state index is -0.441. The molecule has 0 unspecified atom stereocenters. The summed E-state index contributed by atoms with van der Waals surface area (Å²) in [7, 11) is 0. The van der Waals surface area contributed by atoms with Crippen LogP contribution in [0.3, 0.4) is 0 Å². The number of fused-ring (bicyclic) bond motifs is 1. The van der Waals surface area contributed by atoms with E-state index in [1.54, 1.807) is 0 Å². The van der Waals surface area contributed by atoms with E-state index in [-0.39, 0.29) is 22.5 Å². The molecule has 0 aromatic heterocycles. The van der Waals surface area contributed by atoms with Crippen molar-refractivity contribution in [2.75, 3.05) is 0 Å². The molecule has 1 spiro atoms. The second kappa shape index (κ2) is 4.66. The van der Waals surface area contributed by atoms with Crippen LogP contribution in [0.4, 0.5) is 0 Å². The van der Waals surface area contributed by atoms with Crippen LogP contribution < -0.4 is 0 Å². The van der Waals surface area contributed by atoms with Crippen LogP contribution in [0.15, 0.2) is 11.6 Å². The summed E-state index contributed by atoms with van der Waals surface area (Å²) in [6.07, 6.45) is 6.77. The van der Waals surface area contributed by atoms with Gasteiger partial charge in [-0.3, -0.25) is 4.79 Å². The average molecular weight is 292 g/mol. The number of carbonyl (C=O) groups excluding carboxylic acids is 1. The van der Waals surface area contributed by atoms with Crippen LogP contribution >= 0.6 is 0 Å². The van der Waals surface area contributed by atoms with Crippen LogP contribution in [0.2, 0.25) is 0 Å². The number of aliphatic hydroxyl groups excluding tert-OH is 1. The van der Waals surface area contributed by atoms with E-state index < -0.39 is 6.10 Å². The van der Waals surface area contributed by atoms with Gasteiger partial charge < -0.3 is 9.84 Å². The third kappa shape index (κ3) is 2.04. The molecule has 0 aromatic carbocycles. The van der Waals surface area contributed by atoms with Crippen LogP contribution in [-0.4, -0.2) is 28.2 Å². The molecule has 3 heteroatoms. The third-order valence-electron chi connectivity index (χ3n) is 6.07. The molecule has 2 aliphatic carbocycles. The van der Waals surface area contributed by atoms with E-state index in [0.717, 1.165) is 25.7 Å². The van der Waals surface area contributed by atoms with Crippen molar-refractivity contribution >= 4 is 5.78 Å². The lowest BCUT2D eigenvalue weighted by molar-refractivity contribution is -0.145. The summed E-state index contributed by atoms with van der Waals surface area (Å²) in [5.41, 5.74) is 0.269. The number of ether oxygens (including phenoxy) is 1. The van der Waals surface area contributed by atoms with Gasteiger partial charge in [0.25, 0.3) is 0 Å². The molecule has 4 atom stereocenters. The molecule has 2 fully saturated rings. The Bertz CT molecular complexity index is 493. The quantitative estimate of drug-likeness (QED) is 0.811. The van der Waals surface area contributed by atoms with E-state index in [1.807, 2.05) is 6.08 Å². The Morgan fingerprint density at radius 2 is 2.05 bits per heavy atom. The lowest BCUT2D eigenvalue weighted by atomic mass is 9.54. The molecule has 1 heterocycles. The third-order valence-corrected chi connectivity index (χ3v) is 6.07. The summed E-state index contributed by atoms with van der Waals surface area (Å²) in [6.45, 7) is 8.44. The summed E-state index contributed by atoms with van der Waals surface area (Å²) in [6, 6.07) is 0. The van der Waals surface area contributed by atoms with Crippen molar-refractivity contribution in [3.63, 3.8) is 0 Å². The van der Waals surface area contributed by atoms with Crippen LogP contribution in [0.5, 0.6) is 0 Å². The Balaban J connectivity index is 2.07. The molecule has 0 amide bonds. The molecule has 0 aromatic rings. The van der Waals surface area contributed by atoms with Crippen LogP contribution in [0.1, 0.15) is 66.2 Å². The molecule has 3 aliphatic rings. The van der Waals surface area contributed by atoms with Crippen LogP contribution in [0, 0.1) is 11.3 Å². The van der Waals surface area contributed by atoms with E-state index in [2.05, 4.69) is 27.7 Å². The highest BCUT2D eigenvalue weighted by molar-refractivity contribution is 5.85. The standard InChI is InChI=1S/C18H28O3/c1-5-6-7-12-8-13(19)9-17(4)11-15(20)14-10-18(12,17)21-16(14,2)3/h8,13-14,19H,5-7,9-11H2,1-4H3/t13-,14-,17-,18-/m0/s1. The number of hydrogen-bond donors (Lipinski definition) is 1. The Hall–Kier alpha value is -0.670. The fourth-order valence-electron chi connectivity index (χ4n) is 4.98. The van der Waals surface area contributed by atoms with Gasteiger partial charge in [-0.15, -0.1) is 0 Å². The van der Waals surface area contributed by atoms with Gasteiger partial charge in [-0.05, 0) is 45.1 Å². The van der Waals surface area contributed by atoms with Crippen molar-refractivity contribution in [1.82, 2.24) is 0 Å². The molecule has 2 bridgehead atoms. The normalized spacial score (nSPS) is 44.4. The molecular formula is C18H28O3. The maximum Gasteiger partial charge on any atom is 0.139 e. The first kappa shape index (κ1) is 15.2. The first-order chi connectivity index (χ1) is 9.74. The zero-order valence-corrected chi connectivity index (χ0v) is 13.7. The van der Waals surface area contributed by atoms with E-state index >= 15 is 0 Å². The Labute approximate surface area is 127 Å². The van der Waals surface area contributed by atoms with E-state index in [4.69, 9.17) is 4.74 Å². The van der Waals surface area contributed by atoms with Crippen LogP contribution in [0.25, 0.3) is 0 Å². The van der Waals surface area contributed by atoms with Gasteiger partial charge in [0.05, 0.1) is 17.3 Å². The summed E-state index contributed by atoms with van der Waals surface area (Å²) in [4.78, 5) is 12.6. The SMILES string of the molecule is CCCCC1=C[C@H](O)C[C@@]2(C)CC(=O)[C@@H]3C[C@]12OC3(C)C. The van der Waals surface area contributed by atoms with Crippen molar-refractivity contribution in [3.05, 3.63) is 11.6 Å².